The molecular weight excluding hydrogens is 617 g/mol. The van der Waals surface area contributed by atoms with Crippen LogP contribution in [0.4, 0.5) is 13.2 Å². The van der Waals surface area contributed by atoms with E-state index < -0.39 is 11.7 Å². The first-order valence-corrected chi connectivity index (χ1v) is 16.0. The van der Waals surface area contributed by atoms with Crippen molar-refractivity contribution in [2.45, 2.75) is 13.1 Å². The van der Waals surface area contributed by atoms with Crippen molar-refractivity contribution in [2.24, 2.45) is 0 Å². The number of hydrogen-bond donors (Lipinski definition) is 0. The molecule has 0 aliphatic carbocycles. The van der Waals surface area contributed by atoms with Crippen LogP contribution in [-0.4, -0.2) is 16.2 Å². The smallest absolute Gasteiger partial charge is 0.416 e. The van der Waals surface area contributed by atoms with Gasteiger partial charge in [0, 0.05) is 22.1 Å². The Kier molecular flexibility index (Phi) is 8.54. The number of methoxy groups -OCH3 is 1. The van der Waals surface area contributed by atoms with E-state index in [1.54, 1.807) is 7.11 Å². The predicted molar refractivity (Wildman–Crippen MR) is 194 cm³/mol. The summed E-state index contributed by atoms with van der Waals surface area (Å²) in [7, 11) is 1.61. The Morgan fingerprint density at radius 1 is 0.531 bits per heavy atom. The molecule has 0 radical (unpaired) electrons. The Bertz CT molecular complexity index is 2340. The molecule has 0 aliphatic heterocycles. The Morgan fingerprint density at radius 2 is 1.10 bits per heavy atom. The molecule has 2 heterocycles. The average molecular weight is 651 g/mol. The Balaban J connectivity index is 0.000000160. The molecule has 0 saturated heterocycles. The first-order valence-electron chi connectivity index (χ1n) is 16.0. The van der Waals surface area contributed by atoms with Gasteiger partial charge in [0.1, 0.15) is 5.75 Å². The van der Waals surface area contributed by atoms with Crippen molar-refractivity contribution in [1.29, 1.82) is 0 Å². The predicted octanol–water partition coefficient (Wildman–Crippen LogP) is 11.9. The Hall–Kier alpha value is -6.01. The van der Waals surface area contributed by atoms with Crippen molar-refractivity contribution in [2.75, 3.05) is 7.11 Å². The number of ether oxygens (including phenoxy) is 1. The molecular formula is C43H33F3N2O. The van der Waals surface area contributed by atoms with Crippen molar-refractivity contribution < 1.29 is 17.9 Å². The number of para-hydroxylation sites is 3. The second-order valence-corrected chi connectivity index (χ2v) is 11.7. The fourth-order valence-corrected chi connectivity index (χ4v) is 6.40. The molecule has 3 nitrogen and oxygen atoms in total. The molecule has 0 saturated carbocycles. The molecule has 0 atom stereocenters. The molecule has 0 N–H and O–H groups in total. The van der Waals surface area contributed by atoms with Crippen LogP contribution in [-0.2, 0) is 6.18 Å². The molecule has 0 fully saturated rings. The molecule has 0 spiro atoms. The summed E-state index contributed by atoms with van der Waals surface area (Å²) in [6, 6.07) is 52.7. The summed E-state index contributed by atoms with van der Waals surface area (Å²) >= 11 is 0. The zero-order valence-corrected chi connectivity index (χ0v) is 27.0. The van der Waals surface area contributed by atoms with Crippen molar-refractivity contribution >= 4 is 21.8 Å². The lowest BCUT2D eigenvalue weighted by molar-refractivity contribution is -0.137. The van der Waals surface area contributed by atoms with Crippen molar-refractivity contribution in [3.63, 3.8) is 0 Å². The lowest BCUT2D eigenvalue weighted by Crippen LogP contribution is -2.05. The van der Waals surface area contributed by atoms with Gasteiger partial charge < -0.3 is 13.9 Å². The van der Waals surface area contributed by atoms with Crippen molar-refractivity contribution in [3.05, 3.63) is 175 Å². The molecule has 0 amide bonds. The van der Waals surface area contributed by atoms with E-state index in [0.29, 0.717) is 5.69 Å². The third-order valence-corrected chi connectivity index (χ3v) is 8.74. The fourth-order valence-electron chi connectivity index (χ4n) is 6.40. The van der Waals surface area contributed by atoms with Crippen LogP contribution in [0.5, 0.6) is 5.75 Å². The first-order chi connectivity index (χ1) is 23.8. The van der Waals surface area contributed by atoms with Gasteiger partial charge in [0.25, 0.3) is 0 Å². The van der Waals surface area contributed by atoms with Crippen LogP contribution in [0, 0.1) is 6.92 Å². The summed E-state index contributed by atoms with van der Waals surface area (Å²) in [5, 5.41) is 2.33. The third-order valence-electron chi connectivity index (χ3n) is 8.74. The van der Waals surface area contributed by atoms with E-state index in [1.807, 2.05) is 60.0 Å². The maximum absolute atomic E-state index is 13.0. The number of halogens is 3. The molecule has 6 heteroatoms. The van der Waals surface area contributed by atoms with Gasteiger partial charge >= 0.3 is 6.18 Å². The number of fused-ring (bicyclic) bond motifs is 2. The maximum atomic E-state index is 13.0. The summed E-state index contributed by atoms with van der Waals surface area (Å²) in [6.45, 7) is 2.03. The van der Waals surface area contributed by atoms with Gasteiger partial charge in [-0.15, -0.1) is 0 Å². The van der Waals surface area contributed by atoms with E-state index in [4.69, 9.17) is 4.74 Å². The topological polar surface area (TPSA) is 19.1 Å². The molecule has 0 unspecified atom stereocenters. The molecule has 49 heavy (non-hydrogen) atoms. The van der Waals surface area contributed by atoms with Crippen LogP contribution in [0.15, 0.2) is 164 Å². The van der Waals surface area contributed by atoms with Gasteiger partial charge in [0.05, 0.1) is 35.1 Å². The van der Waals surface area contributed by atoms with Crippen molar-refractivity contribution in [3.8, 4) is 39.6 Å². The van der Waals surface area contributed by atoms with Gasteiger partial charge in [-0.1, -0.05) is 84.9 Å². The van der Waals surface area contributed by atoms with Gasteiger partial charge in [-0.25, -0.2) is 0 Å². The van der Waals surface area contributed by atoms with Crippen LogP contribution in [0.3, 0.4) is 0 Å². The largest absolute Gasteiger partial charge is 0.497 e. The molecule has 242 valence electrons. The first kappa shape index (κ1) is 31.6. The summed E-state index contributed by atoms with van der Waals surface area (Å²) in [5.74, 6) is 0.749. The van der Waals surface area contributed by atoms with Crippen LogP contribution in [0.1, 0.15) is 11.1 Å². The lowest BCUT2D eigenvalue weighted by atomic mass is 10.1. The Morgan fingerprint density at radius 3 is 1.76 bits per heavy atom. The molecule has 0 bridgehead atoms. The summed E-state index contributed by atoms with van der Waals surface area (Å²) in [4.78, 5) is 0. The maximum Gasteiger partial charge on any atom is 0.416 e. The minimum absolute atomic E-state index is 0.657. The quantitative estimate of drug-likeness (QED) is 0.181. The molecule has 8 rings (SSSR count). The van der Waals surface area contributed by atoms with Gasteiger partial charge in [0.15, 0.2) is 0 Å². The molecule has 0 aliphatic rings. The normalized spacial score (nSPS) is 11.4. The number of alkyl halides is 3. The van der Waals surface area contributed by atoms with Crippen LogP contribution < -0.4 is 4.74 Å². The van der Waals surface area contributed by atoms with E-state index in [2.05, 4.69) is 95.6 Å². The zero-order valence-electron chi connectivity index (χ0n) is 27.0. The second kappa shape index (κ2) is 13.2. The fraction of sp³-hybridized carbons (Fsp3) is 0.0698. The van der Waals surface area contributed by atoms with Crippen LogP contribution >= 0.6 is 0 Å². The highest BCUT2D eigenvalue weighted by molar-refractivity contribution is 5.93. The van der Waals surface area contributed by atoms with E-state index in [1.165, 1.54) is 40.0 Å². The van der Waals surface area contributed by atoms with Gasteiger partial charge in [0.2, 0.25) is 0 Å². The SMILES string of the molecule is COc1ccc(-c2c(C)c3ccccc3n2-c2ccc(C(F)(F)F)cc2)cc1.c1ccc(-c2cc3ccccc3n2-c2ccccc2)cc1. The van der Waals surface area contributed by atoms with E-state index in [-0.39, 0.29) is 0 Å². The van der Waals surface area contributed by atoms with E-state index in [0.717, 1.165) is 45.6 Å². The number of nitrogens with zero attached hydrogens (tertiary/aromatic N) is 2. The highest BCUT2D eigenvalue weighted by atomic mass is 19.4. The summed E-state index contributed by atoms with van der Waals surface area (Å²) in [5.41, 5.74) is 8.85. The highest BCUT2D eigenvalue weighted by Crippen LogP contribution is 2.38. The van der Waals surface area contributed by atoms with Gasteiger partial charge in [-0.05, 0) is 102 Å². The van der Waals surface area contributed by atoms with Crippen molar-refractivity contribution in [1.82, 2.24) is 9.13 Å². The zero-order chi connectivity index (χ0) is 34.0. The standard InChI is InChI=1S/C23H18F3NO.C20H15N/c1-15-20-5-3-4-6-21(20)27(18-11-9-17(10-12-18)23(24,25)26)22(15)16-7-13-19(28-2)14-8-16;1-3-9-16(10-4-1)20-15-17-11-7-8-14-19(17)21(20)18-12-5-2-6-13-18/h3-14H,1-2H3;1-15H. The number of hydrogen-bond acceptors (Lipinski definition) is 1. The molecule has 6 aromatic carbocycles. The number of rotatable bonds is 5. The van der Waals surface area contributed by atoms with E-state index >= 15 is 0 Å². The summed E-state index contributed by atoms with van der Waals surface area (Å²) < 4.78 is 48.5. The third kappa shape index (κ3) is 6.21. The van der Waals surface area contributed by atoms with Gasteiger partial charge in [-0.3, -0.25) is 0 Å². The number of benzene rings is 6. The average Bonchev–Trinajstić information content (AvgIpc) is 3.68. The number of aryl methyl sites for hydroxylation is 1. The second-order valence-electron chi connectivity index (χ2n) is 11.7. The molecule has 2 aromatic heterocycles. The lowest BCUT2D eigenvalue weighted by Gasteiger charge is -2.14. The number of aromatic nitrogens is 2. The highest BCUT2D eigenvalue weighted by Gasteiger charge is 2.30. The molecule has 8 aromatic rings. The van der Waals surface area contributed by atoms with Gasteiger partial charge in [-0.2, -0.15) is 13.2 Å². The van der Waals surface area contributed by atoms with E-state index in [9.17, 15) is 13.2 Å². The minimum atomic E-state index is -4.36. The van der Waals surface area contributed by atoms with Crippen LogP contribution in [0.25, 0.3) is 55.7 Å². The Labute approximate surface area is 283 Å². The monoisotopic (exact) mass is 650 g/mol. The summed E-state index contributed by atoms with van der Waals surface area (Å²) in [6.07, 6.45) is -4.36. The minimum Gasteiger partial charge on any atom is -0.497 e. The van der Waals surface area contributed by atoms with Crippen LogP contribution in [0.2, 0.25) is 0 Å².